The van der Waals surface area contributed by atoms with Gasteiger partial charge in [-0.1, -0.05) is 24.3 Å². The van der Waals surface area contributed by atoms with Crippen molar-refractivity contribution in [2.45, 2.75) is 12.8 Å². The number of rotatable bonds is 4. The zero-order valence-electron chi connectivity index (χ0n) is 15.8. The Balaban J connectivity index is 1.55. The number of ether oxygens (including phenoxy) is 1. The number of benzene rings is 3. The highest BCUT2D eigenvalue weighted by Gasteiger charge is 2.33. The fraction of sp³-hybridized carbons (Fsp3) is 0.0870. The van der Waals surface area contributed by atoms with Gasteiger partial charge in [0.2, 0.25) is 0 Å². The largest absolute Gasteiger partial charge is 0.488 e. The highest BCUT2D eigenvalue weighted by atomic mass is 127. The van der Waals surface area contributed by atoms with E-state index >= 15 is 0 Å². The van der Waals surface area contributed by atoms with Crippen LogP contribution in [-0.2, 0) is 17.6 Å². The Bertz CT molecular complexity index is 1190. The van der Waals surface area contributed by atoms with E-state index in [4.69, 9.17) is 4.74 Å². The summed E-state index contributed by atoms with van der Waals surface area (Å²) < 4.78 is 46.5. The van der Waals surface area contributed by atoms with Crippen LogP contribution in [-0.4, -0.2) is 5.91 Å². The van der Waals surface area contributed by atoms with Crippen molar-refractivity contribution in [2.75, 3.05) is 5.32 Å². The van der Waals surface area contributed by atoms with E-state index in [0.29, 0.717) is 33.5 Å². The van der Waals surface area contributed by atoms with E-state index < -0.39 is 17.6 Å². The summed E-state index contributed by atoms with van der Waals surface area (Å²) in [6.07, 6.45) is -2.83. The second-order valence-corrected chi connectivity index (χ2v) is 8.98. The zero-order chi connectivity index (χ0) is 22.2. The molecule has 0 saturated carbocycles. The average molecular weight is 600 g/mol. The number of nitrogens with one attached hydrogen (secondary N) is 1. The SMILES string of the molecule is O=C1Nc2cc(C(F)(F)F)ccc2/C1=C/c1ccc(OCc2ccc(I)cc2)c(Br)c1. The maximum Gasteiger partial charge on any atom is 0.416 e. The van der Waals surface area contributed by atoms with Crippen LogP contribution in [0.2, 0.25) is 0 Å². The Morgan fingerprint density at radius 2 is 1.77 bits per heavy atom. The molecule has 158 valence electrons. The summed E-state index contributed by atoms with van der Waals surface area (Å²) >= 11 is 5.72. The fourth-order valence-electron chi connectivity index (χ4n) is 3.15. The van der Waals surface area contributed by atoms with Crippen molar-refractivity contribution in [3.8, 4) is 5.75 Å². The number of anilines is 1. The normalized spacial score (nSPS) is 14.5. The summed E-state index contributed by atoms with van der Waals surface area (Å²) in [5.41, 5.74) is 1.85. The van der Waals surface area contributed by atoms with E-state index in [1.165, 1.54) is 6.07 Å². The second-order valence-electron chi connectivity index (χ2n) is 6.88. The first kappa shape index (κ1) is 21.9. The van der Waals surface area contributed by atoms with Crippen molar-refractivity contribution in [3.63, 3.8) is 0 Å². The predicted octanol–water partition coefficient (Wildman–Crippen LogP) is 7.14. The molecule has 3 aromatic rings. The molecular formula is C23H14BrF3INO2. The number of alkyl halides is 3. The minimum atomic E-state index is -4.47. The van der Waals surface area contributed by atoms with Crippen molar-refractivity contribution in [1.82, 2.24) is 0 Å². The van der Waals surface area contributed by atoms with E-state index in [1.807, 2.05) is 24.3 Å². The van der Waals surface area contributed by atoms with Crippen molar-refractivity contribution in [1.29, 1.82) is 0 Å². The van der Waals surface area contributed by atoms with Gasteiger partial charge in [0.05, 0.1) is 10.0 Å². The van der Waals surface area contributed by atoms with Crippen LogP contribution in [0.25, 0.3) is 11.6 Å². The minimum absolute atomic E-state index is 0.155. The molecule has 1 heterocycles. The van der Waals surface area contributed by atoms with Crippen LogP contribution in [0.3, 0.4) is 0 Å². The molecule has 0 aromatic heterocycles. The summed E-state index contributed by atoms with van der Waals surface area (Å²) in [6.45, 7) is 0.410. The number of hydrogen-bond acceptors (Lipinski definition) is 2. The molecule has 0 saturated heterocycles. The van der Waals surface area contributed by atoms with E-state index in [0.717, 1.165) is 21.3 Å². The van der Waals surface area contributed by atoms with Crippen LogP contribution in [0, 0.1) is 3.57 Å². The Kier molecular flexibility index (Phi) is 6.11. The predicted molar refractivity (Wildman–Crippen MR) is 126 cm³/mol. The molecule has 4 rings (SSSR count). The van der Waals surface area contributed by atoms with E-state index in [-0.39, 0.29) is 5.69 Å². The molecule has 0 fully saturated rings. The third-order valence-electron chi connectivity index (χ3n) is 4.70. The molecule has 1 aliphatic heterocycles. The lowest BCUT2D eigenvalue weighted by Gasteiger charge is -2.10. The average Bonchev–Trinajstić information content (AvgIpc) is 3.02. The number of carbonyl (C=O) groups excluding carboxylic acids is 1. The highest BCUT2D eigenvalue weighted by molar-refractivity contribution is 14.1. The van der Waals surface area contributed by atoms with Gasteiger partial charge < -0.3 is 10.1 Å². The summed E-state index contributed by atoms with van der Waals surface area (Å²) in [7, 11) is 0. The lowest BCUT2D eigenvalue weighted by Crippen LogP contribution is -2.06. The van der Waals surface area contributed by atoms with Crippen LogP contribution in [0.15, 0.2) is 65.1 Å². The molecule has 0 bridgehead atoms. The monoisotopic (exact) mass is 599 g/mol. The van der Waals surface area contributed by atoms with Gasteiger partial charge in [-0.2, -0.15) is 13.2 Å². The maximum absolute atomic E-state index is 12.9. The topological polar surface area (TPSA) is 38.3 Å². The van der Waals surface area contributed by atoms with Gasteiger partial charge in [0, 0.05) is 20.4 Å². The third kappa shape index (κ3) is 4.95. The van der Waals surface area contributed by atoms with Gasteiger partial charge in [0.15, 0.2) is 0 Å². The molecule has 3 aromatic carbocycles. The molecule has 8 heteroatoms. The van der Waals surface area contributed by atoms with Gasteiger partial charge in [0.1, 0.15) is 12.4 Å². The van der Waals surface area contributed by atoms with Crippen LogP contribution < -0.4 is 10.1 Å². The van der Waals surface area contributed by atoms with Crippen LogP contribution >= 0.6 is 38.5 Å². The van der Waals surface area contributed by atoms with Crippen LogP contribution in [0.4, 0.5) is 18.9 Å². The quantitative estimate of drug-likeness (QED) is 0.256. The second kappa shape index (κ2) is 8.66. The molecule has 31 heavy (non-hydrogen) atoms. The first-order valence-electron chi connectivity index (χ1n) is 9.12. The van der Waals surface area contributed by atoms with Crippen LogP contribution in [0.5, 0.6) is 5.75 Å². The molecule has 1 aliphatic rings. The lowest BCUT2D eigenvalue weighted by molar-refractivity contribution is -0.137. The standard InChI is InChI=1S/C23H14BrF3INO2/c24-19-10-14(3-8-21(19)31-12-13-1-5-16(28)6-2-13)9-18-17-7-4-15(23(25,26)27)11-20(17)29-22(18)30/h1-11H,12H2,(H,29,30)/b18-9-. The molecular weight excluding hydrogens is 586 g/mol. The van der Waals surface area contributed by atoms with Gasteiger partial charge in [-0.25, -0.2) is 0 Å². The maximum atomic E-state index is 12.9. The third-order valence-corrected chi connectivity index (χ3v) is 6.04. The first-order chi connectivity index (χ1) is 14.7. The first-order valence-corrected chi connectivity index (χ1v) is 11.0. The Morgan fingerprint density at radius 3 is 2.45 bits per heavy atom. The lowest BCUT2D eigenvalue weighted by atomic mass is 10.0. The summed E-state index contributed by atoms with van der Waals surface area (Å²) in [4.78, 5) is 12.3. The van der Waals surface area contributed by atoms with Gasteiger partial charge in [-0.15, -0.1) is 0 Å². The van der Waals surface area contributed by atoms with Gasteiger partial charge in [0.25, 0.3) is 5.91 Å². The summed E-state index contributed by atoms with van der Waals surface area (Å²) in [5, 5.41) is 2.50. The number of amides is 1. The van der Waals surface area contributed by atoms with Gasteiger partial charge >= 0.3 is 6.18 Å². The molecule has 1 N–H and O–H groups in total. The van der Waals surface area contributed by atoms with Crippen molar-refractivity contribution >= 4 is 61.8 Å². The smallest absolute Gasteiger partial charge is 0.416 e. The molecule has 0 spiro atoms. The molecule has 0 atom stereocenters. The Morgan fingerprint density at radius 1 is 1.03 bits per heavy atom. The van der Waals surface area contributed by atoms with Crippen molar-refractivity contribution in [3.05, 3.63) is 91.0 Å². The van der Waals surface area contributed by atoms with Crippen molar-refractivity contribution in [2.24, 2.45) is 0 Å². The fourth-order valence-corrected chi connectivity index (χ4v) is 4.02. The Labute approximate surface area is 198 Å². The molecule has 1 amide bonds. The number of carbonyl (C=O) groups is 1. The number of fused-ring (bicyclic) bond motifs is 1. The van der Waals surface area contributed by atoms with E-state index in [9.17, 15) is 18.0 Å². The number of hydrogen-bond donors (Lipinski definition) is 1. The summed E-state index contributed by atoms with van der Waals surface area (Å²) in [6, 6.07) is 16.6. The molecule has 3 nitrogen and oxygen atoms in total. The molecule has 0 aliphatic carbocycles. The molecule has 0 unspecified atom stereocenters. The summed E-state index contributed by atoms with van der Waals surface area (Å²) in [5.74, 6) is 0.205. The van der Waals surface area contributed by atoms with Crippen molar-refractivity contribution < 1.29 is 22.7 Å². The zero-order valence-corrected chi connectivity index (χ0v) is 19.5. The van der Waals surface area contributed by atoms with E-state index in [2.05, 4.69) is 43.8 Å². The van der Waals surface area contributed by atoms with E-state index in [1.54, 1.807) is 24.3 Å². The van der Waals surface area contributed by atoms with Gasteiger partial charge in [-0.3, -0.25) is 4.79 Å². The molecule has 0 radical (unpaired) electrons. The number of halogens is 5. The highest BCUT2D eigenvalue weighted by Crippen LogP contribution is 2.38. The Hall–Kier alpha value is -2.33. The minimum Gasteiger partial charge on any atom is -0.488 e. The van der Waals surface area contributed by atoms with Crippen LogP contribution in [0.1, 0.15) is 22.3 Å². The van der Waals surface area contributed by atoms with Gasteiger partial charge in [-0.05, 0) is 92.1 Å².